The number of nitrogens with zero attached hydrogens (tertiary/aromatic N) is 2. The second-order valence-corrected chi connectivity index (χ2v) is 9.10. The van der Waals surface area contributed by atoms with Crippen molar-refractivity contribution in [3.63, 3.8) is 0 Å². The number of carbonyl (C=O) groups excluding carboxylic acids is 2. The molecule has 0 fully saturated rings. The van der Waals surface area contributed by atoms with Crippen LogP contribution in [0, 0.1) is 11.3 Å². The SMILES string of the molecule is Cn1c(=O)oc2ccc(-c3ccc(C[C@@H](C#N)NC(=O)[C@@H](O)CNC(=O)OC(C)(C)C)cc3)cc21. The Balaban J connectivity index is 1.58. The van der Waals surface area contributed by atoms with Crippen molar-refractivity contribution in [3.8, 4) is 17.2 Å². The number of aliphatic hydroxyl groups excluding tert-OH is 1. The molecule has 2 aromatic carbocycles. The molecular weight excluding hydrogens is 452 g/mol. The van der Waals surface area contributed by atoms with Crippen LogP contribution < -0.4 is 16.4 Å². The summed E-state index contributed by atoms with van der Waals surface area (Å²) in [5.41, 5.74) is 3.09. The van der Waals surface area contributed by atoms with Gasteiger partial charge < -0.3 is 24.9 Å². The van der Waals surface area contributed by atoms with E-state index in [9.17, 15) is 24.8 Å². The standard InChI is InChI=1S/C25H28N4O6/c1-25(2,3)35-23(32)27-14-20(30)22(31)28-18(13-26)11-15-5-7-16(8-6-15)17-9-10-21-19(12-17)29(4)24(33)34-21/h5-10,12,18,20,30H,11,14H2,1-4H3,(H,27,32)(H,28,31)/t18-,20-/m0/s1. The van der Waals surface area contributed by atoms with Crippen molar-refractivity contribution >= 4 is 23.1 Å². The van der Waals surface area contributed by atoms with Gasteiger partial charge in [-0.2, -0.15) is 5.26 Å². The lowest BCUT2D eigenvalue weighted by Gasteiger charge is -2.20. The Hall–Kier alpha value is -4.10. The molecule has 0 aliphatic rings. The molecule has 10 heteroatoms. The Labute approximate surface area is 202 Å². The largest absolute Gasteiger partial charge is 0.444 e. The van der Waals surface area contributed by atoms with Crippen molar-refractivity contribution in [2.75, 3.05) is 6.54 Å². The quantitative estimate of drug-likeness (QED) is 0.470. The summed E-state index contributed by atoms with van der Waals surface area (Å²) < 4.78 is 11.6. The normalized spacial score (nSPS) is 13.0. The number of aromatic nitrogens is 1. The van der Waals surface area contributed by atoms with E-state index in [-0.39, 0.29) is 13.0 Å². The van der Waals surface area contributed by atoms with Gasteiger partial charge in [0.2, 0.25) is 0 Å². The Morgan fingerprint density at radius 1 is 1.17 bits per heavy atom. The van der Waals surface area contributed by atoms with Gasteiger partial charge in [0.05, 0.1) is 18.1 Å². The predicted octanol–water partition coefficient (Wildman–Crippen LogP) is 2.23. The zero-order valence-corrected chi connectivity index (χ0v) is 20.0. The third kappa shape index (κ3) is 6.71. The van der Waals surface area contributed by atoms with Crippen LogP contribution in [-0.4, -0.2) is 46.0 Å². The third-order valence-electron chi connectivity index (χ3n) is 5.13. The highest BCUT2D eigenvalue weighted by Crippen LogP contribution is 2.24. The number of nitrogens with one attached hydrogen (secondary N) is 2. The molecule has 0 aliphatic carbocycles. The first-order chi connectivity index (χ1) is 16.5. The van der Waals surface area contributed by atoms with Crippen LogP contribution in [0.4, 0.5) is 4.79 Å². The van der Waals surface area contributed by atoms with E-state index in [4.69, 9.17) is 9.15 Å². The van der Waals surface area contributed by atoms with Gasteiger partial charge in [0, 0.05) is 13.5 Å². The molecule has 3 rings (SSSR count). The highest BCUT2D eigenvalue weighted by Gasteiger charge is 2.22. The molecule has 0 aliphatic heterocycles. The molecule has 3 aromatic rings. The molecule has 1 heterocycles. The van der Waals surface area contributed by atoms with E-state index >= 15 is 0 Å². The minimum atomic E-state index is -1.53. The van der Waals surface area contributed by atoms with Crippen molar-refractivity contribution in [2.24, 2.45) is 7.05 Å². The fourth-order valence-electron chi connectivity index (χ4n) is 3.36. The number of aliphatic hydroxyl groups is 1. The molecule has 0 unspecified atom stereocenters. The van der Waals surface area contributed by atoms with Crippen LogP contribution in [0.25, 0.3) is 22.2 Å². The third-order valence-corrected chi connectivity index (χ3v) is 5.13. The highest BCUT2D eigenvalue weighted by atomic mass is 16.6. The van der Waals surface area contributed by atoms with E-state index in [2.05, 4.69) is 10.6 Å². The van der Waals surface area contributed by atoms with Crippen molar-refractivity contribution in [2.45, 2.75) is 44.9 Å². The van der Waals surface area contributed by atoms with Crippen LogP contribution in [0.1, 0.15) is 26.3 Å². The van der Waals surface area contributed by atoms with Gasteiger partial charge in [-0.25, -0.2) is 9.59 Å². The van der Waals surface area contributed by atoms with E-state index in [1.807, 2.05) is 42.5 Å². The molecule has 2 atom stereocenters. The number of alkyl carbamates (subject to hydrolysis) is 1. The summed E-state index contributed by atoms with van der Waals surface area (Å²) in [6, 6.07) is 14.0. The van der Waals surface area contributed by atoms with Crippen LogP contribution in [0.2, 0.25) is 0 Å². The summed E-state index contributed by atoms with van der Waals surface area (Å²) >= 11 is 0. The Morgan fingerprint density at radius 2 is 1.83 bits per heavy atom. The smallest absolute Gasteiger partial charge is 0.419 e. The summed E-state index contributed by atoms with van der Waals surface area (Å²) in [6.45, 7) is 4.74. The van der Waals surface area contributed by atoms with Crippen LogP contribution in [-0.2, 0) is 23.0 Å². The fraction of sp³-hybridized carbons (Fsp3) is 0.360. The number of benzene rings is 2. The number of hydrogen-bond donors (Lipinski definition) is 3. The number of nitriles is 1. The number of rotatable bonds is 7. The molecule has 0 spiro atoms. The van der Waals surface area contributed by atoms with Crippen molar-refractivity contribution in [3.05, 3.63) is 58.6 Å². The maximum Gasteiger partial charge on any atom is 0.419 e. The van der Waals surface area contributed by atoms with Gasteiger partial charge in [0.25, 0.3) is 5.91 Å². The summed E-state index contributed by atoms with van der Waals surface area (Å²) in [7, 11) is 1.64. The summed E-state index contributed by atoms with van der Waals surface area (Å²) in [6.07, 6.45) is -2.06. The van der Waals surface area contributed by atoms with Gasteiger partial charge in [-0.1, -0.05) is 30.3 Å². The van der Waals surface area contributed by atoms with Gasteiger partial charge in [0.15, 0.2) is 5.58 Å². The van der Waals surface area contributed by atoms with E-state index in [0.29, 0.717) is 11.1 Å². The number of fused-ring (bicyclic) bond motifs is 1. The van der Waals surface area contributed by atoms with Crippen molar-refractivity contribution < 1.29 is 23.8 Å². The first-order valence-electron chi connectivity index (χ1n) is 11.0. The van der Waals surface area contributed by atoms with E-state index < -0.39 is 35.5 Å². The maximum absolute atomic E-state index is 12.2. The molecule has 0 radical (unpaired) electrons. The first-order valence-corrected chi connectivity index (χ1v) is 11.0. The Kier molecular flexibility index (Phi) is 7.62. The van der Waals surface area contributed by atoms with E-state index in [1.165, 1.54) is 4.57 Å². The summed E-state index contributed by atoms with van der Waals surface area (Å²) in [5.74, 6) is -1.20. The predicted molar refractivity (Wildman–Crippen MR) is 128 cm³/mol. The molecule has 2 amide bonds. The zero-order valence-electron chi connectivity index (χ0n) is 20.0. The summed E-state index contributed by atoms with van der Waals surface area (Å²) in [5, 5.41) is 24.3. The van der Waals surface area contributed by atoms with Crippen LogP contribution in [0.3, 0.4) is 0 Å². The minimum Gasteiger partial charge on any atom is -0.444 e. The minimum absolute atomic E-state index is 0.226. The molecule has 0 saturated heterocycles. The van der Waals surface area contributed by atoms with Crippen LogP contribution >= 0.6 is 0 Å². The Morgan fingerprint density at radius 3 is 2.46 bits per heavy atom. The average Bonchev–Trinajstić information content (AvgIpc) is 3.09. The zero-order chi connectivity index (χ0) is 25.8. The second-order valence-electron chi connectivity index (χ2n) is 9.10. The van der Waals surface area contributed by atoms with Crippen molar-refractivity contribution in [1.29, 1.82) is 5.26 Å². The molecule has 184 valence electrons. The average molecular weight is 481 g/mol. The van der Waals surface area contributed by atoms with Gasteiger partial charge in [0.1, 0.15) is 17.7 Å². The van der Waals surface area contributed by atoms with E-state index in [1.54, 1.807) is 33.9 Å². The Bertz CT molecular complexity index is 1310. The maximum atomic E-state index is 12.2. The number of aryl methyl sites for hydroxylation is 1. The molecular formula is C25H28N4O6. The lowest BCUT2D eigenvalue weighted by molar-refractivity contribution is -0.129. The summed E-state index contributed by atoms with van der Waals surface area (Å²) in [4.78, 5) is 35.6. The lowest BCUT2D eigenvalue weighted by atomic mass is 10.0. The fourth-order valence-corrected chi connectivity index (χ4v) is 3.36. The molecule has 10 nitrogen and oxygen atoms in total. The van der Waals surface area contributed by atoms with Crippen LogP contribution in [0.15, 0.2) is 51.7 Å². The molecule has 35 heavy (non-hydrogen) atoms. The number of carbonyl (C=O) groups is 2. The number of amides is 2. The first kappa shape index (κ1) is 25.5. The van der Waals surface area contributed by atoms with E-state index in [0.717, 1.165) is 16.7 Å². The van der Waals surface area contributed by atoms with Gasteiger partial charge in [-0.15, -0.1) is 0 Å². The van der Waals surface area contributed by atoms with Crippen molar-refractivity contribution in [1.82, 2.24) is 15.2 Å². The molecule has 0 bridgehead atoms. The number of ether oxygens (including phenoxy) is 1. The van der Waals surface area contributed by atoms with Gasteiger partial charge in [-0.05, 0) is 49.6 Å². The highest BCUT2D eigenvalue weighted by molar-refractivity contribution is 5.82. The van der Waals surface area contributed by atoms with Gasteiger partial charge >= 0.3 is 11.8 Å². The topological polar surface area (TPSA) is 147 Å². The lowest BCUT2D eigenvalue weighted by Crippen LogP contribution is -2.47. The number of oxazole rings is 1. The van der Waals surface area contributed by atoms with Crippen LogP contribution in [0.5, 0.6) is 0 Å². The molecule has 0 saturated carbocycles. The monoisotopic (exact) mass is 480 g/mol. The van der Waals surface area contributed by atoms with Gasteiger partial charge in [-0.3, -0.25) is 9.36 Å². The molecule has 1 aromatic heterocycles. The second kappa shape index (κ2) is 10.4. The molecule has 3 N–H and O–H groups in total. The number of hydrogen-bond acceptors (Lipinski definition) is 7.